The van der Waals surface area contributed by atoms with Crippen LogP contribution in [0, 0.1) is 5.92 Å². The fourth-order valence-electron chi connectivity index (χ4n) is 0.353. The van der Waals surface area contributed by atoms with Gasteiger partial charge in [-0.15, -0.1) is 0 Å². The van der Waals surface area contributed by atoms with Gasteiger partial charge in [0.2, 0.25) is 0 Å². The van der Waals surface area contributed by atoms with Gasteiger partial charge in [-0.1, -0.05) is 13.8 Å². The molecule has 0 saturated carbocycles. The van der Waals surface area contributed by atoms with Crippen LogP contribution in [-0.2, 0) is 9.36 Å². The van der Waals surface area contributed by atoms with E-state index in [1.165, 1.54) is 0 Å². The average Bonchev–Trinajstić information content (AvgIpc) is 1.63. The van der Waals surface area contributed by atoms with Gasteiger partial charge in [0.05, 0.1) is 6.16 Å². The van der Waals surface area contributed by atoms with Gasteiger partial charge in [0.1, 0.15) is 5.78 Å². The molecule has 0 rings (SSSR count). The Hall–Kier alpha value is -0.140. The summed E-state index contributed by atoms with van der Waals surface area (Å²) in [5.41, 5.74) is 0. The van der Waals surface area contributed by atoms with Gasteiger partial charge in [-0.05, 0) is 0 Å². The molecule has 0 saturated heterocycles. The summed E-state index contributed by atoms with van der Waals surface area (Å²) in [6.45, 7) is 3.43. The van der Waals surface area contributed by atoms with E-state index in [0.717, 1.165) is 0 Å². The van der Waals surface area contributed by atoms with Gasteiger partial charge in [0.25, 0.3) is 0 Å². The Morgan fingerprint density at radius 2 is 2.11 bits per heavy atom. The van der Waals surface area contributed by atoms with Crippen LogP contribution in [-0.4, -0.2) is 16.8 Å². The summed E-state index contributed by atoms with van der Waals surface area (Å²) in [4.78, 5) is 18.9. The van der Waals surface area contributed by atoms with Gasteiger partial charge in [-0.25, -0.2) is 0 Å². The molecule has 9 heavy (non-hydrogen) atoms. The van der Waals surface area contributed by atoms with Gasteiger partial charge < -0.3 is 4.89 Å². The van der Waals surface area contributed by atoms with Crippen LogP contribution in [0.3, 0.4) is 0 Å². The van der Waals surface area contributed by atoms with E-state index in [-0.39, 0.29) is 17.9 Å². The molecule has 1 unspecified atom stereocenters. The lowest BCUT2D eigenvalue weighted by molar-refractivity contribution is -0.119. The minimum atomic E-state index is -2.58. The number of rotatable bonds is 3. The fourth-order valence-corrected chi connectivity index (χ4v) is 1.06. The molecule has 54 valence electrons. The van der Waals surface area contributed by atoms with E-state index in [1.807, 2.05) is 0 Å². The maximum Gasteiger partial charge on any atom is 0.196 e. The molecule has 4 heteroatoms. The molecule has 0 radical (unpaired) electrons. The summed E-state index contributed by atoms with van der Waals surface area (Å²) >= 11 is 0. The number of carbonyl (C=O) groups is 1. The Kier molecular flexibility index (Phi) is 3.75. The van der Waals surface area contributed by atoms with Gasteiger partial charge in [-0.3, -0.25) is 9.36 Å². The highest BCUT2D eigenvalue weighted by Crippen LogP contribution is 2.14. The normalized spacial score (nSPS) is 13.8. The average molecular weight is 150 g/mol. The van der Waals surface area contributed by atoms with Crippen molar-refractivity contribution in [2.24, 2.45) is 5.92 Å². The number of ketones is 1. The zero-order chi connectivity index (χ0) is 7.44. The fraction of sp³-hybridized carbons (Fsp3) is 0.800. The molecule has 0 aromatic carbocycles. The topological polar surface area (TPSA) is 54.4 Å². The maximum atomic E-state index is 10.6. The predicted octanol–water partition coefficient (Wildman–Crippen LogP) is 0.678. The first kappa shape index (κ1) is 8.86. The maximum absolute atomic E-state index is 10.6. The van der Waals surface area contributed by atoms with Crippen molar-refractivity contribution in [3.05, 3.63) is 0 Å². The highest BCUT2D eigenvalue weighted by Gasteiger charge is 2.08. The third kappa shape index (κ3) is 4.37. The van der Waals surface area contributed by atoms with Crippen molar-refractivity contribution in [2.45, 2.75) is 13.8 Å². The van der Waals surface area contributed by atoms with Gasteiger partial charge in [0.15, 0.2) is 8.03 Å². The highest BCUT2D eigenvalue weighted by molar-refractivity contribution is 7.39. The molecule has 0 aromatic rings. The Balaban J connectivity index is 3.64. The van der Waals surface area contributed by atoms with Crippen LogP contribution < -0.4 is 0 Å². The van der Waals surface area contributed by atoms with Gasteiger partial charge in [0, 0.05) is 5.92 Å². The summed E-state index contributed by atoms with van der Waals surface area (Å²) in [6, 6.07) is 0. The van der Waals surface area contributed by atoms with E-state index in [1.54, 1.807) is 13.8 Å². The molecule has 0 aliphatic heterocycles. The van der Waals surface area contributed by atoms with E-state index in [4.69, 9.17) is 4.89 Å². The lowest BCUT2D eigenvalue weighted by Gasteiger charge is -1.98. The molecule has 1 N–H and O–H groups in total. The summed E-state index contributed by atoms with van der Waals surface area (Å²) in [5, 5.41) is 0. The third-order valence-electron chi connectivity index (χ3n) is 0.969. The van der Waals surface area contributed by atoms with Crippen LogP contribution in [0.5, 0.6) is 0 Å². The van der Waals surface area contributed by atoms with Crippen LogP contribution in [0.4, 0.5) is 0 Å². The number of carbonyl (C=O) groups excluding carboxylic acids is 1. The first-order chi connectivity index (χ1) is 4.04. The molecular formula is C5H11O3P. The van der Waals surface area contributed by atoms with E-state index in [9.17, 15) is 9.36 Å². The zero-order valence-corrected chi connectivity index (χ0v) is 6.55. The number of hydrogen-bond donors (Lipinski definition) is 1. The SMILES string of the molecule is CC(C)C(=O)C[PH](=O)O. The van der Waals surface area contributed by atoms with Crippen molar-refractivity contribution >= 4 is 13.8 Å². The third-order valence-corrected chi connectivity index (χ3v) is 1.62. The van der Waals surface area contributed by atoms with Crippen LogP contribution >= 0.6 is 8.03 Å². The molecule has 0 aliphatic rings. The molecule has 0 amide bonds. The van der Waals surface area contributed by atoms with Crippen LogP contribution in [0.2, 0.25) is 0 Å². The molecule has 0 fully saturated rings. The summed E-state index contributed by atoms with van der Waals surface area (Å²) in [7, 11) is -2.58. The second-order valence-electron chi connectivity index (χ2n) is 2.19. The van der Waals surface area contributed by atoms with Crippen LogP contribution in [0.1, 0.15) is 13.8 Å². The number of Topliss-reactive ketones (excluding diaryl/α,β-unsaturated/α-hetero) is 1. The Morgan fingerprint density at radius 1 is 1.67 bits per heavy atom. The lowest BCUT2D eigenvalue weighted by atomic mass is 10.1. The van der Waals surface area contributed by atoms with E-state index in [2.05, 4.69) is 0 Å². The molecule has 0 heterocycles. The second kappa shape index (κ2) is 3.80. The van der Waals surface area contributed by atoms with Crippen molar-refractivity contribution in [1.82, 2.24) is 0 Å². The predicted molar refractivity (Wildman–Crippen MR) is 35.9 cm³/mol. The zero-order valence-electron chi connectivity index (χ0n) is 5.55. The minimum absolute atomic E-state index is 0.119. The molecule has 3 nitrogen and oxygen atoms in total. The van der Waals surface area contributed by atoms with Crippen LogP contribution in [0.15, 0.2) is 0 Å². The first-order valence-electron chi connectivity index (χ1n) is 2.78. The largest absolute Gasteiger partial charge is 0.346 e. The molecule has 0 aromatic heterocycles. The van der Waals surface area contributed by atoms with Crippen molar-refractivity contribution < 1.29 is 14.3 Å². The van der Waals surface area contributed by atoms with Crippen LogP contribution in [0.25, 0.3) is 0 Å². The first-order valence-corrected chi connectivity index (χ1v) is 4.34. The van der Waals surface area contributed by atoms with E-state index >= 15 is 0 Å². The van der Waals surface area contributed by atoms with Crippen molar-refractivity contribution in [3.8, 4) is 0 Å². The van der Waals surface area contributed by atoms with E-state index < -0.39 is 8.03 Å². The summed E-state index contributed by atoms with van der Waals surface area (Å²) < 4.78 is 10.1. The lowest BCUT2D eigenvalue weighted by Crippen LogP contribution is -2.08. The Morgan fingerprint density at radius 3 is 2.22 bits per heavy atom. The standard InChI is InChI=1S/C5H11O3P/c1-4(2)5(6)3-9(7)8/h4,9H,3H2,1-2H3,(H,7,8). The Labute approximate surface area is 54.9 Å². The van der Waals surface area contributed by atoms with Crippen molar-refractivity contribution in [2.75, 3.05) is 6.16 Å². The molecule has 0 spiro atoms. The summed E-state index contributed by atoms with van der Waals surface area (Å²) in [6.07, 6.45) is -0.164. The molecule has 0 bridgehead atoms. The highest BCUT2D eigenvalue weighted by atomic mass is 31.1. The quantitative estimate of drug-likeness (QED) is 0.602. The minimum Gasteiger partial charge on any atom is -0.346 e. The summed E-state index contributed by atoms with van der Waals surface area (Å²) in [5.74, 6) is -0.257. The number of hydrogen-bond acceptors (Lipinski definition) is 2. The van der Waals surface area contributed by atoms with Crippen molar-refractivity contribution in [3.63, 3.8) is 0 Å². The molecule has 0 aliphatic carbocycles. The Bertz CT molecular complexity index is 130. The van der Waals surface area contributed by atoms with Gasteiger partial charge in [-0.2, -0.15) is 0 Å². The molecular weight excluding hydrogens is 139 g/mol. The monoisotopic (exact) mass is 150 g/mol. The molecule has 1 atom stereocenters. The smallest absolute Gasteiger partial charge is 0.196 e. The van der Waals surface area contributed by atoms with Gasteiger partial charge >= 0.3 is 0 Å². The second-order valence-corrected chi connectivity index (χ2v) is 3.33. The van der Waals surface area contributed by atoms with Crippen molar-refractivity contribution in [1.29, 1.82) is 0 Å². The van der Waals surface area contributed by atoms with E-state index in [0.29, 0.717) is 0 Å².